The first-order chi connectivity index (χ1) is 11.8. The predicted molar refractivity (Wildman–Crippen MR) is 91.4 cm³/mol. The van der Waals surface area contributed by atoms with Crippen LogP contribution in [0.1, 0.15) is 29.6 Å². The average Bonchev–Trinajstić information content (AvgIpc) is 3.27. The predicted octanol–water partition coefficient (Wildman–Crippen LogP) is 2.11. The molecule has 0 N–H and O–H groups in total. The summed E-state index contributed by atoms with van der Waals surface area (Å²) in [7, 11) is 1.92. The van der Waals surface area contributed by atoms with Crippen LogP contribution in [0.5, 0.6) is 0 Å². The van der Waals surface area contributed by atoms with Gasteiger partial charge in [-0.05, 0) is 32.0 Å². The minimum Gasteiger partial charge on any atom is -0.297 e. The molecule has 4 heterocycles. The zero-order valence-electron chi connectivity index (χ0n) is 13.5. The maximum absolute atomic E-state index is 4.78. The van der Waals surface area contributed by atoms with Gasteiger partial charge in [-0.25, -0.2) is 9.97 Å². The van der Waals surface area contributed by atoms with Crippen molar-refractivity contribution < 1.29 is 0 Å². The molecule has 0 saturated carbocycles. The highest BCUT2D eigenvalue weighted by Crippen LogP contribution is 2.27. The zero-order chi connectivity index (χ0) is 16.4. The van der Waals surface area contributed by atoms with Crippen LogP contribution >= 0.6 is 11.3 Å². The molecule has 1 aliphatic heterocycles. The molecular formula is C16H19N7S. The molecule has 1 aliphatic rings. The van der Waals surface area contributed by atoms with Gasteiger partial charge in [-0.1, -0.05) is 0 Å². The zero-order valence-corrected chi connectivity index (χ0v) is 14.4. The van der Waals surface area contributed by atoms with E-state index in [0.717, 1.165) is 54.6 Å². The Bertz CT molecular complexity index is 790. The Morgan fingerprint density at radius 2 is 2.17 bits per heavy atom. The Morgan fingerprint density at radius 1 is 1.29 bits per heavy atom. The number of piperidine rings is 1. The first-order valence-electron chi connectivity index (χ1n) is 8.07. The standard InChI is InChI=1S/C16H19N7S/c1-22-9-13(8-19-22)14-2-5-17-16(20-14)12-3-6-23(7-4-12)10-15-21-18-11-24-15/h2,5,8-9,11-12H,3-4,6-7,10H2,1H3. The van der Waals surface area contributed by atoms with Gasteiger partial charge in [0.15, 0.2) is 0 Å². The Hall–Kier alpha value is -2.19. The molecule has 124 valence electrons. The fourth-order valence-electron chi connectivity index (χ4n) is 3.09. The van der Waals surface area contributed by atoms with Crippen molar-refractivity contribution in [2.45, 2.75) is 25.3 Å². The van der Waals surface area contributed by atoms with E-state index >= 15 is 0 Å². The number of aromatic nitrogens is 6. The molecule has 1 saturated heterocycles. The van der Waals surface area contributed by atoms with Crippen LogP contribution in [0.4, 0.5) is 0 Å². The summed E-state index contributed by atoms with van der Waals surface area (Å²) < 4.78 is 1.79. The maximum atomic E-state index is 4.78. The van der Waals surface area contributed by atoms with Gasteiger partial charge in [0.05, 0.1) is 18.4 Å². The third-order valence-corrected chi connectivity index (χ3v) is 5.07. The fraction of sp³-hybridized carbons (Fsp3) is 0.438. The van der Waals surface area contributed by atoms with Crippen molar-refractivity contribution in [2.24, 2.45) is 7.05 Å². The van der Waals surface area contributed by atoms with Crippen molar-refractivity contribution in [1.82, 2.24) is 34.8 Å². The highest BCUT2D eigenvalue weighted by Gasteiger charge is 2.23. The average molecular weight is 341 g/mol. The topological polar surface area (TPSA) is 72.6 Å². The van der Waals surface area contributed by atoms with Crippen LogP contribution < -0.4 is 0 Å². The normalized spacial score (nSPS) is 16.5. The molecule has 3 aromatic rings. The molecule has 3 aromatic heterocycles. The Labute approximate surface area is 144 Å². The van der Waals surface area contributed by atoms with Crippen LogP contribution in [0.3, 0.4) is 0 Å². The second kappa shape index (κ2) is 6.74. The van der Waals surface area contributed by atoms with Gasteiger partial charge < -0.3 is 0 Å². The summed E-state index contributed by atoms with van der Waals surface area (Å²) in [6.45, 7) is 2.99. The molecule has 8 heteroatoms. The molecule has 0 aromatic carbocycles. The van der Waals surface area contributed by atoms with Crippen LogP contribution in [0.15, 0.2) is 30.2 Å². The number of hydrogen-bond acceptors (Lipinski definition) is 7. The van der Waals surface area contributed by atoms with E-state index in [2.05, 4.69) is 25.2 Å². The molecule has 24 heavy (non-hydrogen) atoms. The number of likely N-dealkylation sites (tertiary alicyclic amines) is 1. The summed E-state index contributed by atoms with van der Waals surface area (Å²) in [5.41, 5.74) is 3.78. The molecule has 0 spiro atoms. The fourth-order valence-corrected chi connectivity index (χ4v) is 3.66. The van der Waals surface area contributed by atoms with Crippen molar-refractivity contribution in [3.8, 4) is 11.3 Å². The maximum Gasteiger partial charge on any atom is 0.132 e. The van der Waals surface area contributed by atoms with E-state index in [-0.39, 0.29) is 0 Å². The Morgan fingerprint density at radius 3 is 2.88 bits per heavy atom. The van der Waals surface area contributed by atoms with Crippen molar-refractivity contribution in [3.63, 3.8) is 0 Å². The molecule has 0 bridgehead atoms. The van der Waals surface area contributed by atoms with Crippen LogP contribution in [-0.4, -0.2) is 47.9 Å². The summed E-state index contributed by atoms with van der Waals surface area (Å²) >= 11 is 1.62. The van der Waals surface area contributed by atoms with Crippen molar-refractivity contribution >= 4 is 11.3 Å². The molecule has 1 fully saturated rings. The van der Waals surface area contributed by atoms with Crippen molar-refractivity contribution in [1.29, 1.82) is 0 Å². The number of rotatable bonds is 4. The minimum absolute atomic E-state index is 0.423. The van der Waals surface area contributed by atoms with E-state index in [9.17, 15) is 0 Å². The molecule has 7 nitrogen and oxygen atoms in total. The number of nitrogens with zero attached hydrogens (tertiary/aromatic N) is 7. The lowest BCUT2D eigenvalue weighted by atomic mass is 9.96. The summed E-state index contributed by atoms with van der Waals surface area (Å²) in [4.78, 5) is 11.7. The van der Waals surface area contributed by atoms with Gasteiger partial charge in [-0.3, -0.25) is 9.58 Å². The van der Waals surface area contributed by atoms with E-state index in [1.54, 1.807) is 21.5 Å². The molecule has 4 rings (SSSR count). The van der Waals surface area contributed by atoms with Crippen LogP contribution in [0.25, 0.3) is 11.3 Å². The number of aryl methyl sites for hydroxylation is 1. The lowest BCUT2D eigenvalue weighted by molar-refractivity contribution is 0.201. The Kier molecular flexibility index (Phi) is 4.31. The third-order valence-electron chi connectivity index (χ3n) is 4.39. The summed E-state index contributed by atoms with van der Waals surface area (Å²) in [5, 5.41) is 13.3. The van der Waals surface area contributed by atoms with Crippen LogP contribution in [0, 0.1) is 0 Å². The van der Waals surface area contributed by atoms with Gasteiger partial charge in [0.1, 0.15) is 16.3 Å². The van der Waals surface area contributed by atoms with Gasteiger partial charge in [-0.2, -0.15) is 5.10 Å². The quantitative estimate of drug-likeness (QED) is 0.724. The van der Waals surface area contributed by atoms with E-state index in [0.29, 0.717) is 5.92 Å². The van der Waals surface area contributed by atoms with Crippen molar-refractivity contribution in [2.75, 3.05) is 13.1 Å². The first kappa shape index (κ1) is 15.3. The van der Waals surface area contributed by atoms with Crippen LogP contribution in [0.2, 0.25) is 0 Å². The largest absolute Gasteiger partial charge is 0.297 e. The van der Waals surface area contributed by atoms with E-state index < -0.39 is 0 Å². The van der Waals surface area contributed by atoms with E-state index in [1.807, 2.05) is 31.7 Å². The molecule has 0 atom stereocenters. The van der Waals surface area contributed by atoms with Gasteiger partial charge in [-0.15, -0.1) is 21.5 Å². The highest BCUT2D eigenvalue weighted by atomic mass is 32.1. The Balaban J connectivity index is 1.42. The second-order valence-electron chi connectivity index (χ2n) is 6.09. The van der Waals surface area contributed by atoms with Crippen molar-refractivity contribution in [3.05, 3.63) is 41.0 Å². The summed E-state index contributed by atoms with van der Waals surface area (Å²) in [5.74, 6) is 1.37. The van der Waals surface area contributed by atoms with Gasteiger partial charge in [0.25, 0.3) is 0 Å². The summed E-state index contributed by atoms with van der Waals surface area (Å²) in [6.07, 6.45) is 7.84. The molecule has 0 radical (unpaired) electrons. The van der Waals surface area contributed by atoms with Gasteiger partial charge in [0, 0.05) is 30.9 Å². The second-order valence-corrected chi connectivity index (χ2v) is 7.00. The van der Waals surface area contributed by atoms with Gasteiger partial charge >= 0.3 is 0 Å². The lowest BCUT2D eigenvalue weighted by Gasteiger charge is -2.30. The summed E-state index contributed by atoms with van der Waals surface area (Å²) in [6, 6.07) is 1.95. The SMILES string of the molecule is Cn1cc(-c2ccnc(C3CCN(Cc4nncs4)CC3)n2)cn1. The molecule has 0 amide bonds. The number of hydrogen-bond donors (Lipinski definition) is 0. The third kappa shape index (κ3) is 3.34. The highest BCUT2D eigenvalue weighted by molar-refractivity contribution is 7.09. The minimum atomic E-state index is 0.423. The molecule has 0 unspecified atom stereocenters. The monoisotopic (exact) mass is 341 g/mol. The smallest absolute Gasteiger partial charge is 0.132 e. The molecular weight excluding hydrogens is 322 g/mol. The van der Waals surface area contributed by atoms with Gasteiger partial charge in [0.2, 0.25) is 0 Å². The van der Waals surface area contributed by atoms with Crippen LogP contribution in [-0.2, 0) is 13.6 Å². The van der Waals surface area contributed by atoms with E-state index in [4.69, 9.17) is 4.98 Å². The van der Waals surface area contributed by atoms with E-state index in [1.165, 1.54) is 0 Å². The molecule has 0 aliphatic carbocycles. The first-order valence-corrected chi connectivity index (χ1v) is 8.95. The lowest BCUT2D eigenvalue weighted by Crippen LogP contribution is -2.33.